The molecule has 2 rings (SSSR count). The summed E-state index contributed by atoms with van der Waals surface area (Å²) in [6.07, 6.45) is 8.16. The maximum Gasteiger partial charge on any atom is 0.0320 e. The summed E-state index contributed by atoms with van der Waals surface area (Å²) in [4.78, 5) is 0. The molecule has 1 unspecified atom stereocenters. The van der Waals surface area contributed by atoms with E-state index in [2.05, 4.69) is 42.6 Å². The van der Waals surface area contributed by atoms with Gasteiger partial charge in [0, 0.05) is 6.04 Å². The summed E-state index contributed by atoms with van der Waals surface area (Å²) >= 11 is 0. The zero-order chi connectivity index (χ0) is 11.9. The third kappa shape index (κ3) is 4.51. The summed E-state index contributed by atoms with van der Waals surface area (Å²) in [7, 11) is 0. The lowest BCUT2D eigenvalue weighted by molar-refractivity contribution is 0.464. The molecule has 1 nitrogen and oxygen atoms in total. The molecule has 0 aromatic heterocycles. The van der Waals surface area contributed by atoms with Crippen molar-refractivity contribution in [2.45, 2.75) is 51.5 Å². The van der Waals surface area contributed by atoms with E-state index in [0.717, 1.165) is 5.92 Å². The normalized spacial score (nSPS) is 17.0. The molecule has 1 aliphatic carbocycles. The summed E-state index contributed by atoms with van der Waals surface area (Å²) in [6.45, 7) is 3.49. The SMILES string of the molecule is CCCCCC(NCC1CC1)c1ccccc1. The fraction of sp³-hybridized carbons (Fsp3) is 0.625. The molecule has 1 fully saturated rings. The van der Waals surface area contributed by atoms with Crippen molar-refractivity contribution in [2.75, 3.05) is 6.54 Å². The van der Waals surface area contributed by atoms with Crippen LogP contribution in [0.15, 0.2) is 30.3 Å². The first-order chi connectivity index (χ1) is 8.40. The first-order valence-electron chi connectivity index (χ1n) is 7.18. The Morgan fingerprint density at radius 1 is 1.18 bits per heavy atom. The van der Waals surface area contributed by atoms with Crippen molar-refractivity contribution in [2.24, 2.45) is 5.92 Å². The number of hydrogen-bond acceptors (Lipinski definition) is 1. The molecule has 0 heterocycles. The van der Waals surface area contributed by atoms with Gasteiger partial charge in [-0.25, -0.2) is 0 Å². The van der Waals surface area contributed by atoms with Crippen LogP contribution in [-0.2, 0) is 0 Å². The van der Waals surface area contributed by atoms with E-state index < -0.39 is 0 Å². The molecule has 0 radical (unpaired) electrons. The van der Waals surface area contributed by atoms with E-state index >= 15 is 0 Å². The predicted molar refractivity (Wildman–Crippen MR) is 74.1 cm³/mol. The average molecular weight is 231 g/mol. The fourth-order valence-electron chi connectivity index (χ4n) is 2.30. The molecule has 1 heteroatoms. The van der Waals surface area contributed by atoms with Gasteiger partial charge in [0.15, 0.2) is 0 Å². The Balaban J connectivity index is 1.85. The van der Waals surface area contributed by atoms with Crippen LogP contribution < -0.4 is 5.32 Å². The molecule has 94 valence electrons. The zero-order valence-corrected chi connectivity index (χ0v) is 11.0. The Morgan fingerprint density at radius 3 is 2.59 bits per heavy atom. The second-order valence-electron chi connectivity index (χ2n) is 5.31. The fourth-order valence-corrected chi connectivity index (χ4v) is 2.30. The average Bonchev–Trinajstić information content (AvgIpc) is 3.19. The third-order valence-corrected chi connectivity index (χ3v) is 3.65. The van der Waals surface area contributed by atoms with Gasteiger partial charge in [0.1, 0.15) is 0 Å². The molecule has 0 saturated heterocycles. The first-order valence-corrected chi connectivity index (χ1v) is 7.18. The monoisotopic (exact) mass is 231 g/mol. The Labute approximate surface area is 106 Å². The highest BCUT2D eigenvalue weighted by atomic mass is 14.9. The van der Waals surface area contributed by atoms with E-state index in [1.54, 1.807) is 0 Å². The van der Waals surface area contributed by atoms with Crippen LogP contribution in [-0.4, -0.2) is 6.54 Å². The molecule has 1 aromatic rings. The van der Waals surface area contributed by atoms with Crippen LogP contribution in [0, 0.1) is 5.92 Å². The minimum atomic E-state index is 0.573. The summed E-state index contributed by atoms with van der Waals surface area (Å²) in [5, 5.41) is 3.76. The lowest BCUT2D eigenvalue weighted by Gasteiger charge is -2.19. The van der Waals surface area contributed by atoms with Gasteiger partial charge in [0.2, 0.25) is 0 Å². The van der Waals surface area contributed by atoms with Gasteiger partial charge in [0.25, 0.3) is 0 Å². The predicted octanol–water partition coefficient (Wildman–Crippen LogP) is 4.31. The molecule has 1 N–H and O–H groups in total. The van der Waals surface area contributed by atoms with Crippen LogP contribution in [0.25, 0.3) is 0 Å². The third-order valence-electron chi connectivity index (χ3n) is 3.65. The standard InChI is InChI=1S/C16H25N/c1-2-3-5-10-16(17-13-14-11-12-14)15-8-6-4-7-9-15/h4,6-9,14,16-17H,2-3,5,10-13H2,1H3. The second-order valence-corrected chi connectivity index (χ2v) is 5.31. The van der Waals surface area contributed by atoms with Crippen molar-refractivity contribution in [3.63, 3.8) is 0 Å². The van der Waals surface area contributed by atoms with Crippen molar-refractivity contribution >= 4 is 0 Å². The van der Waals surface area contributed by atoms with Gasteiger partial charge in [-0.3, -0.25) is 0 Å². The molecular weight excluding hydrogens is 206 g/mol. The molecule has 1 aromatic carbocycles. The molecule has 0 spiro atoms. The quantitative estimate of drug-likeness (QED) is 0.657. The lowest BCUT2D eigenvalue weighted by Crippen LogP contribution is -2.23. The highest BCUT2D eigenvalue weighted by Crippen LogP contribution is 2.29. The zero-order valence-electron chi connectivity index (χ0n) is 11.0. The van der Waals surface area contributed by atoms with Gasteiger partial charge in [-0.15, -0.1) is 0 Å². The first kappa shape index (κ1) is 12.6. The van der Waals surface area contributed by atoms with Gasteiger partial charge in [-0.1, -0.05) is 56.5 Å². The summed E-state index contributed by atoms with van der Waals surface area (Å²) in [5.74, 6) is 0.965. The summed E-state index contributed by atoms with van der Waals surface area (Å²) < 4.78 is 0. The summed E-state index contributed by atoms with van der Waals surface area (Å²) in [5.41, 5.74) is 1.46. The van der Waals surface area contributed by atoms with E-state index in [1.807, 2.05) is 0 Å². The second kappa shape index (κ2) is 6.80. The molecular formula is C16H25N. The van der Waals surface area contributed by atoms with E-state index in [4.69, 9.17) is 0 Å². The van der Waals surface area contributed by atoms with Crippen molar-refractivity contribution in [1.82, 2.24) is 5.32 Å². The number of unbranched alkanes of at least 4 members (excludes halogenated alkanes) is 2. The molecule has 1 saturated carbocycles. The van der Waals surface area contributed by atoms with Gasteiger partial charge in [-0.05, 0) is 37.3 Å². The lowest BCUT2D eigenvalue weighted by atomic mass is 10.0. The van der Waals surface area contributed by atoms with Crippen LogP contribution in [0.3, 0.4) is 0 Å². The van der Waals surface area contributed by atoms with E-state index in [1.165, 1.54) is 50.6 Å². The van der Waals surface area contributed by atoms with E-state index in [9.17, 15) is 0 Å². The van der Waals surface area contributed by atoms with Crippen LogP contribution >= 0.6 is 0 Å². The van der Waals surface area contributed by atoms with Gasteiger partial charge < -0.3 is 5.32 Å². The summed E-state index contributed by atoms with van der Waals surface area (Å²) in [6, 6.07) is 11.5. The molecule has 1 atom stereocenters. The smallest absolute Gasteiger partial charge is 0.0320 e. The number of hydrogen-bond donors (Lipinski definition) is 1. The van der Waals surface area contributed by atoms with Crippen molar-refractivity contribution in [3.8, 4) is 0 Å². The number of benzene rings is 1. The van der Waals surface area contributed by atoms with Crippen molar-refractivity contribution < 1.29 is 0 Å². The molecule has 1 aliphatic rings. The topological polar surface area (TPSA) is 12.0 Å². The highest BCUT2D eigenvalue weighted by Gasteiger charge is 2.22. The maximum atomic E-state index is 3.76. The largest absolute Gasteiger partial charge is 0.310 e. The van der Waals surface area contributed by atoms with Crippen LogP contribution in [0.5, 0.6) is 0 Å². The van der Waals surface area contributed by atoms with Gasteiger partial charge in [-0.2, -0.15) is 0 Å². The van der Waals surface area contributed by atoms with Gasteiger partial charge >= 0.3 is 0 Å². The number of rotatable bonds is 8. The Kier molecular flexibility index (Phi) is 5.06. The Bertz CT molecular complexity index is 303. The molecule has 0 amide bonds. The van der Waals surface area contributed by atoms with E-state index in [0.29, 0.717) is 6.04 Å². The van der Waals surface area contributed by atoms with Crippen LogP contribution in [0.1, 0.15) is 57.1 Å². The van der Waals surface area contributed by atoms with Crippen LogP contribution in [0.2, 0.25) is 0 Å². The number of nitrogens with one attached hydrogen (secondary N) is 1. The molecule has 0 aliphatic heterocycles. The molecule has 17 heavy (non-hydrogen) atoms. The van der Waals surface area contributed by atoms with Crippen molar-refractivity contribution in [3.05, 3.63) is 35.9 Å². The van der Waals surface area contributed by atoms with E-state index in [-0.39, 0.29) is 0 Å². The van der Waals surface area contributed by atoms with Gasteiger partial charge in [0.05, 0.1) is 0 Å². The van der Waals surface area contributed by atoms with Crippen molar-refractivity contribution in [1.29, 1.82) is 0 Å². The minimum Gasteiger partial charge on any atom is -0.310 e. The minimum absolute atomic E-state index is 0.573. The highest BCUT2D eigenvalue weighted by molar-refractivity contribution is 5.18. The maximum absolute atomic E-state index is 3.76. The Hall–Kier alpha value is -0.820. The molecule has 0 bridgehead atoms. The van der Waals surface area contributed by atoms with Crippen LogP contribution in [0.4, 0.5) is 0 Å². The Morgan fingerprint density at radius 2 is 1.94 bits per heavy atom.